The summed E-state index contributed by atoms with van der Waals surface area (Å²) in [6, 6.07) is 7.81. The number of hydrogen-bond donors (Lipinski definition) is 1. The molecule has 0 fully saturated rings. The van der Waals surface area contributed by atoms with Crippen molar-refractivity contribution in [2.45, 2.75) is 13.8 Å². The Morgan fingerprint density at radius 2 is 1.47 bits per heavy atom. The second-order valence-electron chi connectivity index (χ2n) is 4.01. The molecule has 0 saturated heterocycles. The summed E-state index contributed by atoms with van der Waals surface area (Å²) in [5.74, 6) is 6.24. The monoisotopic (exact) mass is 222 g/mol. The molecule has 0 saturated carbocycles. The van der Waals surface area contributed by atoms with E-state index in [9.17, 15) is 0 Å². The molecule has 1 aromatic carbocycles. The third kappa shape index (κ3) is 2.64. The van der Waals surface area contributed by atoms with Crippen LogP contribution in [0.25, 0.3) is 0 Å². The van der Waals surface area contributed by atoms with Crippen molar-refractivity contribution in [1.82, 2.24) is 4.98 Å². The fourth-order valence-corrected chi connectivity index (χ4v) is 1.63. The number of nitrogens with two attached hydrogens (primary N) is 1. The maximum absolute atomic E-state index is 5.90. The minimum atomic E-state index is 0.847. The smallest absolute Gasteiger partial charge is 0.0374 e. The van der Waals surface area contributed by atoms with Gasteiger partial charge in [0.1, 0.15) is 0 Å². The number of benzene rings is 1. The highest BCUT2D eigenvalue weighted by Crippen LogP contribution is 2.17. The van der Waals surface area contributed by atoms with E-state index in [1.807, 2.05) is 38.1 Å². The van der Waals surface area contributed by atoms with Crippen molar-refractivity contribution in [2.24, 2.45) is 0 Å². The van der Waals surface area contributed by atoms with Crippen molar-refractivity contribution in [1.29, 1.82) is 0 Å². The minimum Gasteiger partial charge on any atom is -0.398 e. The fourth-order valence-electron chi connectivity index (χ4n) is 1.63. The topological polar surface area (TPSA) is 38.9 Å². The zero-order valence-corrected chi connectivity index (χ0v) is 9.99. The summed E-state index contributed by atoms with van der Waals surface area (Å²) in [4.78, 5) is 3.96. The molecule has 2 nitrogen and oxygen atoms in total. The Morgan fingerprint density at radius 1 is 0.941 bits per heavy atom. The first-order valence-corrected chi connectivity index (χ1v) is 5.45. The molecule has 0 aliphatic heterocycles. The Balaban J connectivity index is 2.35. The van der Waals surface area contributed by atoms with Crippen molar-refractivity contribution >= 4 is 5.69 Å². The van der Waals surface area contributed by atoms with Crippen LogP contribution in [0, 0.1) is 25.7 Å². The van der Waals surface area contributed by atoms with Gasteiger partial charge in [-0.05, 0) is 49.2 Å². The largest absolute Gasteiger partial charge is 0.398 e. The summed E-state index contributed by atoms with van der Waals surface area (Å²) < 4.78 is 0. The number of anilines is 1. The number of nitrogen functional groups attached to an aromatic ring is 1. The zero-order valence-electron chi connectivity index (χ0n) is 9.99. The highest BCUT2D eigenvalue weighted by Gasteiger charge is 1.99. The van der Waals surface area contributed by atoms with Gasteiger partial charge < -0.3 is 5.73 Å². The van der Waals surface area contributed by atoms with Crippen LogP contribution in [-0.2, 0) is 0 Å². The SMILES string of the molecule is Cc1cc(C#Cc2ccncc2)cc(C)c1N. The first-order valence-electron chi connectivity index (χ1n) is 5.45. The number of aromatic nitrogens is 1. The Labute approximate surface area is 102 Å². The predicted molar refractivity (Wildman–Crippen MR) is 70.5 cm³/mol. The van der Waals surface area contributed by atoms with Crippen molar-refractivity contribution < 1.29 is 0 Å². The van der Waals surface area contributed by atoms with Crippen molar-refractivity contribution in [3.05, 3.63) is 58.9 Å². The highest BCUT2D eigenvalue weighted by molar-refractivity contribution is 5.57. The molecule has 17 heavy (non-hydrogen) atoms. The fraction of sp³-hybridized carbons (Fsp3) is 0.133. The van der Waals surface area contributed by atoms with Crippen LogP contribution in [0.2, 0.25) is 0 Å². The van der Waals surface area contributed by atoms with Gasteiger partial charge in [-0.2, -0.15) is 0 Å². The molecule has 0 unspecified atom stereocenters. The van der Waals surface area contributed by atoms with Crippen molar-refractivity contribution in [3.8, 4) is 11.8 Å². The summed E-state index contributed by atoms with van der Waals surface area (Å²) >= 11 is 0. The second-order valence-corrected chi connectivity index (χ2v) is 4.01. The number of aryl methyl sites for hydroxylation is 2. The molecule has 0 atom stereocenters. The maximum atomic E-state index is 5.90. The quantitative estimate of drug-likeness (QED) is 0.550. The molecule has 0 aliphatic rings. The maximum Gasteiger partial charge on any atom is 0.0374 e. The zero-order chi connectivity index (χ0) is 12.3. The van der Waals surface area contributed by atoms with E-state index < -0.39 is 0 Å². The molecule has 0 amide bonds. The first kappa shape index (κ1) is 11.2. The van der Waals surface area contributed by atoms with Crippen LogP contribution >= 0.6 is 0 Å². The van der Waals surface area contributed by atoms with Gasteiger partial charge in [-0.15, -0.1) is 0 Å². The van der Waals surface area contributed by atoms with Crippen LogP contribution in [-0.4, -0.2) is 4.98 Å². The Morgan fingerprint density at radius 3 is 2.06 bits per heavy atom. The molecular weight excluding hydrogens is 208 g/mol. The van der Waals surface area contributed by atoms with Gasteiger partial charge in [0, 0.05) is 29.2 Å². The van der Waals surface area contributed by atoms with Gasteiger partial charge in [0.25, 0.3) is 0 Å². The number of hydrogen-bond acceptors (Lipinski definition) is 2. The molecule has 0 bridgehead atoms. The van der Waals surface area contributed by atoms with Crippen LogP contribution < -0.4 is 5.73 Å². The standard InChI is InChI=1S/C15H14N2/c1-11-9-14(10-12(2)15(11)16)4-3-13-5-7-17-8-6-13/h5-10H,16H2,1-2H3. The van der Waals surface area contributed by atoms with Gasteiger partial charge in [-0.25, -0.2) is 0 Å². The van der Waals surface area contributed by atoms with E-state index in [1.165, 1.54) is 0 Å². The molecule has 0 aliphatic carbocycles. The Kier molecular flexibility index (Phi) is 3.11. The van der Waals surface area contributed by atoms with Gasteiger partial charge in [-0.3, -0.25) is 4.98 Å². The van der Waals surface area contributed by atoms with Crippen LogP contribution in [0.3, 0.4) is 0 Å². The Hall–Kier alpha value is -2.27. The third-order valence-electron chi connectivity index (χ3n) is 2.63. The van der Waals surface area contributed by atoms with Gasteiger partial charge in [-0.1, -0.05) is 11.8 Å². The molecule has 0 radical (unpaired) electrons. The second kappa shape index (κ2) is 4.71. The Bertz CT molecular complexity index is 566. The van der Waals surface area contributed by atoms with E-state index in [1.54, 1.807) is 12.4 Å². The lowest BCUT2D eigenvalue weighted by molar-refractivity contribution is 1.32. The summed E-state index contributed by atoms with van der Waals surface area (Å²) in [7, 11) is 0. The van der Waals surface area contributed by atoms with E-state index in [2.05, 4.69) is 16.8 Å². The van der Waals surface area contributed by atoms with Gasteiger partial charge in [0.05, 0.1) is 0 Å². The van der Waals surface area contributed by atoms with Crippen molar-refractivity contribution in [2.75, 3.05) is 5.73 Å². The van der Waals surface area contributed by atoms with Crippen LogP contribution in [0.15, 0.2) is 36.7 Å². The number of rotatable bonds is 0. The summed E-state index contributed by atoms with van der Waals surface area (Å²) in [5, 5.41) is 0. The normalized spacial score (nSPS) is 9.53. The summed E-state index contributed by atoms with van der Waals surface area (Å²) in [6.45, 7) is 4.00. The molecule has 1 aromatic heterocycles. The molecular formula is C15H14N2. The van der Waals surface area contributed by atoms with E-state index in [-0.39, 0.29) is 0 Å². The van der Waals surface area contributed by atoms with Gasteiger partial charge in [0.15, 0.2) is 0 Å². The molecule has 0 spiro atoms. The molecule has 2 rings (SSSR count). The number of nitrogens with zero attached hydrogens (tertiary/aromatic N) is 1. The molecule has 2 N–H and O–H groups in total. The average Bonchev–Trinajstić information content (AvgIpc) is 2.34. The van der Waals surface area contributed by atoms with Crippen LogP contribution in [0.5, 0.6) is 0 Å². The van der Waals surface area contributed by atoms with Crippen LogP contribution in [0.4, 0.5) is 5.69 Å². The van der Waals surface area contributed by atoms with Crippen molar-refractivity contribution in [3.63, 3.8) is 0 Å². The lowest BCUT2D eigenvalue weighted by Crippen LogP contribution is -1.94. The lowest BCUT2D eigenvalue weighted by atomic mass is 10.0. The van der Waals surface area contributed by atoms with Gasteiger partial charge >= 0.3 is 0 Å². The highest BCUT2D eigenvalue weighted by atomic mass is 14.6. The minimum absolute atomic E-state index is 0.847. The first-order chi connectivity index (χ1) is 8.16. The van der Waals surface area contributed by atoms with E-state index in [0.29, 0.717) is 0 Å². The lowest BCUT2D eigenvalue weighted by Gasteiger charge is -2.04. The van der Waals surface area contributed by atoms with Gasteiger partial charge in [0.2, 0.25) is 0 Å². The predicted octanol–water partition coefficient (Wildman–Crippen LogP) is 2.68. The molecule has 1 heterocycles. The third-order valence-corrected chi connectivity index (χ3v) is 2.63. The van der Waals surface area contributed by atoms with Crippen LogP contribution in [0.1, 0.15) is 22.3 Å². The summed E-state index contributed by atoms with van der Waals surface area (Å²) in [5.41, 5.74) is 10.9. The number of pyridine rings is 1. The van der Waals surface area contributed by atoms with E-state index in [0.717, 1.165) is 27.9 Å². The molecule has 2 heteroatoms. The average molecular weight is 222 g/mol. The summed E-state index contributed by atoms with van der Waals surface area (Å²) in [6.07, 6.45) is 3.48. The van der Waals surface area contributed by atoms with E-state index >= 15 is 0 Å². The molecule has 2 aromatic rings. The molecule has 84 valence electrons. The van der Waals surface area contributed by atoms with E-state index in [4.69, 9.17) is 5.73 Å².